The molecule has 0 bridgehead atoms. The topological polar surface area (TPSA) is 86.1 Å². The molecule has 2 heterocycles. The number of hydrogen-bond acceptors (Lipinski definition) is 6. The van der Waals surface area contributed by atoms with Gasteiger partial charge in [-0.2, -0.15) is 11.8 Å². The van der Waals surface area contributed by atoms with E-state index in [1.807, 2.05) is 35.1 Å². The first-order valence-corrected chi connectivity index (χ1v) is 10.3. The highest BCUT2D eigenvalue weighted by Crippen LogP contribution is 2.20. The maximum Gasteiger partial charge on any atom is 0.326 e. The number of anilines is 1. The van der Waals surface area contributed by atoms with E-state index in [0.717, 1.165) is 16.9 Å². The van der Waals surface area contributed by atoms with Crippen LogP contribution in [0.2, 0.25) is 5.15 Å². The number of para-hydroxylation sites is 2. The van der Waals surface area contributed by atoms with Crippen molar-refractivity contribution < 1.29 is 14.3 Å². The quantitative estimate of drug-likeness (QED) is 0.466. The summed E-state index contributed by atoms with van der Waals surface area (Å²) in [6, 6.07) is 10.9. The molecule has 0 unspecified atom stereocenters. The molecule has 146 valence electrons. The lowest BCUT2D eigenvalue weighted by Gasteiger charge is -2.15. The van der Waals surface area contributed by atoms with Crippen LogP contribution < -0.4 is 5.32 Å². The van der Waals surface area contributed by atoms with Crippen LogP contribution in [0.25, 0.3) is 11.0 Å². The minimum Gasteiger partial charge on any atom is -0.451 e. The van der Waals surface area contributed by atoms with Gasteiger partial charge in [-0.05, 0) is 37.4 Å². The van der Waals surface area contributed by atoms with Gasteiger partial charge in [-0.15, -0.1) is 0 Å². The predicted octanol–water partition coefficient (Wildman–Crippen LogP) is 3.52. The zero-order valence-corrected chi connectivity index (χ0v) is 17.0. The highest BCUT2D eigenvalue weighted by molar-refractivity contribution is 7.97. The fraction of sp³-hybridized carbons (Fsp3) is 0.263. The van der Waals surface area contributed by atoms with Crippen LogP contribution in [0.4, 0.5) is 5.69 Å². The number of carbonyl (C=O) groups excluding carboxylic acids is 2. The van der Waals surface area contributed by atoms with E-state index in [9.17, 15) is 9.59 Å². The second-order valence-electron chi connectivity index (χ2n) is 6.00. The first-order valence-electron chi connectivity index (χ1n) is 8.53. The standard InChI is InChI=1S/C19H19ClN4O3S/c1-12(19(26)23-14-7-5-9-21-18(14)20)27-17(25)10-24-15-8-4-3-6-13(15)22-16(24)11-28-2/h3-9,12H,10-11H2,1-2H3,(H,23,26)/t12-/m0/s1. The first-order chi connectivity index (χ1) is 13.5. The molecule has 1 atom stereocenters. The molecular weight excluding hydrogens is 400 g/mol. The molecular formula is C19H19ClN4O3S. The molecule has 9 heteroatoms. The number of benzene rings is 1. The second kappa shape index (κ2) is 9.07. The lowest BCUT2D eigenvalue weighted by molar-refractivity contribution is -0.153. The van der Waals surface area contributed by atoms with Crippen LogP contribution in [0.15, 0.2) is 42.6 Å². The average Bonchev–Trinajstić information content (AvgIpc) is 3.01. The van der Waals surface area contributed by atoms with E-state index in [-0.39, 0.29) is 11.7 Å². The molecule has 0 aliphatic rings. The Morgan fingerprint density at radius 1 is 1.29 bits per heavy atom. The molecule has 0 spiro atoms. The summed E-state index contributed by atoms with van der Waals surface area (Å²) in [5.74, 6) is 0.441. The van der Waals surface area contributed by atoms with Crippen molar-refractivity contribution >= 4 is 52.0 Å². The van der Waals surface area contributed by atoms with E-state index in [1.165, 1.54) is 13.1 Å². The Labute approximate surface area is 171 Å². The fourth-order valence-corrected chi connectivity index (χ4v) is 3.32. The van der Waals surface area contributed by atoms with E-state index in [1.54, 1.807) is 23.9 Å². The third-order valence-electron chi connectivity index (χ3n) is 3.99. The number of thioether (sulfide) groups is 1. The molecule has 2 aromatic heterocycles. The molecule has 0 aliphatic carbocycles. The molecule has 3 rings (SSSR count). The van der Waals surface area contributed by atoms with Gasteiger partial charge in [-0.3, -0.25) is 9.59 Å². The van der Waals surface area contributed by atoms with E-state index >= 15 is 0 Å². The largest absolute Gasteiger partial charge is 0.451 e. The van der Waals surface area contributed by atoms with Crippen LogP contribution in [0.1, 0.15) is 12.7 Å². The summed E-state index contributed by atoms with van der Waals surface area (Å²) in [6.07, 6.45) is 2.50. The highest BCUT2D eigenvalue weighted by Gasteiger charge is 2.21. The smallest absolute Gasteiger partial charge is 0.326 e. The Morgan fingerprint density at radius 2 is 2.07 bits per heavy atom. The maximum absolute atomic E-state index is 12.4. The predicted molar refractivity (Wildman–Crippen MR) is 110 cm³/mol. The average molecular weight is 419 g/mol. The molecule has 1 aromatic carbocycles. The van der Waals surface area contributed by atoms with Crippen LogP contribution in [0.3, 0.4) is 0 Å². The fourth-order valence-electron chi connectivity index (χ4n) is 2.67. The molecule has 0 aliphatic heterocycles. The summed E-state index contributed by atoms with van der Waals surface area (Å²) in [5.41, 5.74) is 2.03. The van der Waals surface area contributed by atoms with Crippen LogP contribution in [0.5, 0.6) is 0 Å². The summed E-state index contributed by atoms with van der Waals surface area (Å²) in [4.78, 5) is 33.2. The highest BCUT2D eigenvalue weighted by atomic mass is 35.5. The number of carbonyl (C=O) groups is 2. The number of halogens is 1. The zero-order valence-electron chi connectivity index (χ0n) is 15.4. The van der Waals surface area contributed by atoms with Crippen molar-refractivity contribution in [2.45, 2.75) is 25.3 Å². The van der Waals surface area contributed by atoms with Crippen molar-refractivity contribution in [2.24, 2.45) is 0 Å². The van der Waals surface area contributed by atoms with Crippen LogP contribution in [-0.2, 0) is 26.6 Å². The van der Waals surface area contributed by atoms with Crippen molar-refractivity contribution in [2.75, 3.05) is 11.6 Å². The van der Waals surface area contributed by atoms with Gasteiger partial charge in [0, 0.05) is 6.20 Å². The first kappa shape index (κ1) is 20.2. The third-order valence-corrected chi connectivity index (χ3v) is 4.84. The van der Waals surface area contributed by atoms with Gasteiger partial charge in [0.15, 0.2) is 11.3 Å². The van der Waals surface area contributed by atoms with Crippen molar-refractivity contribution in [3.8, 4) is 0 Å². The summed E-state index contributed by atoms with van der Waals surface area (Å²) in [6.45, 7) is 1.48. The minimum atomic E-state index is -0.984. The molecule has 1 amide bonds. The maximum atomic E-state index is 12.4. The Morgan fingerprint density at radius 3 is 2.82 bits per heavy atom. The van der Waals surface area contributed by atoms with E-state index in [2.05, 4.69) is 15.3 Å². The molecule has 7 nitrogen and oxygen atoms in total. The molecule has 0 fully saturated rings. The van der Waals surface area contributed by atoms with E-state index in [4.69, 9.17) is 16.3 Å². The normalized spacial score (nSPS) is 12.0. The van der Waals surface area contributed by atoms with Crippen molar-refractivity contribution in [3.05, 3.63) is 53.6 Å². The Bertz CT molecular complexity index is 1010. The monoisotopic (exact) mass is 418 g/mol. The second-order valence-corrected chi connectivity index (χ2v) is 7.22. The van der Waals surface area contributed by atoms with Crippen molar-refractivity contribution in [1.82, 2.24) is 14.5 Å². The summed E-state index contributed by atoms with van der Waals surface area (Å²) in [5, 5.41) is 2.77. The number of amides is 1. The summed E-state index contributed by atoms with van der Waals surface area (Å²) < 4.78 is 7.13. The van der Waals surface area contributed by atoms with Crippen LogP contribution in [-0.4, -0.2) is 38.8 Å². The SMILES string of the molecule is CSCc1nc2ccccc2n1CC(=O)O[C@@H](C)C(=O)Nc1cccnc1Cl. The van der Waals surface area contributed by atoms with Gasteiger partial charge < -0.3 is 14.6 Å². The zero-order chi connectivity index (χ0) is 20.1. The van der Waals surface area contributed by atoms with Gasteiger partial charge in [0.1, 0.15) is 12.4 Å². The lowest BCUT2D eigenvalue weighted by Crippen LogP contribution is -2.31. The van der Waals surface area contributed by atoms with Crippen LogP contribution in [0, 0.1) is 0 Å². The summed E-state index contributed by atoms with van der Waals surface area (Å²) in [7, 11) is 0. The lowest BCUT2D eigenvalue weighted by atomic mass is 10.3. The number of pyridine rings is 1. The molecule has 0 saturated heterocycles. The molecule has 3 aromatic rings. The van der Waals surface area contributed by atoms with E-state index < -0.39 is 18.0 Å². The Balaban J connectivity index is 1.68. The third kappa shape index (κ3) is 4.63. The van der Waals surface area contributed by atoms with Gasteiger partial charge >= 0.3 is 5.97 Å². The van der Waals surface area contributed by atoms with Crippen molar-refractivity contribution in [3.63, 3.8) is 0 Å². The molecule has 0 radical (unpaired) electrons. The molecule has 28 heavy (non-hydrogen) atoms. The number of imidazole rings is 1. The summed E-state index contributed by atoms with van der Waals surface area (Å²) >= 11 is 7.54. The van der Waals surface area contributed by atoms with Crippen molar-refractivity contribution in [1.29, 1.82) is 0 Å². The number of aromatic nitrogens is 3. The van der Waals surface area contributed by atoms with Gasteiger partial charge in [-0.25, -0.2) is 9.97 Å². The number of rotatable bonds is 7. The van der Waals surface area contributed by atoms with Gasteiger partial charge in [0.2, 0.25) is 0 Å². The van der Waals surface area contributed by atoms with Crippen LogP contribution >= 0.6 is 23.4 Å². The van der Waals surface area contributed by atoms with Gasteiger partial charge in [-0.1, -0.05) is 23.7 Å². The Kier molecular flexibility index (Phi) is 6.53. The molecule has 1 N–H and O–H groups in total. The number of nitrogens with one attached hydrogen (secondary N) is 1. The van der Waals surface area contributed by atoms with Gasteiger partial charge in [0.25, 0.3) is 5.91 Å². The number of fused-ring (bicyclic) bond motifs is 1. The number of esters is 1. The van der Waals surface area contributed by atoms with Gasteiger partial charge in [0.05, 0.1) is 22.5 Å². The van der Waals surface area contributed by atoms with E-state index in [0.29, 0.717) is 11.4 Å². The number of nitrogens with zero attached hydrogens (tertiary/aromatic N) is 3. The number of hydrogen-bond donors (Lipinski definition) is 1. The minimum absolute atomic E-state index is 0.0261. The molecule has 0 saturated carbocycles. The Hall–Kier alpha value is -2.58. The number of ether oxygens (including phenoxy) is 1.